The molecule has 0 aliphatic heterocycles. The normalized spacial score (nSPS) is 14.6. The third-order valence-corrected chi connectivity index (χ3v) is 7.42. The number of halogens is 2. The molecule has 0 radical (unpaired) electrons. The number of thiocarbonyl (C=S) groups is 1. The van der Waals surface area contributed by atoms with Gasteiger partial charge in [0.15, 0.2) is 5.11 Å². The van der Waals surface area contributed by atoms with Gasteiger partial charge in [-0.15, -0.1) is 0 Å². The standard InChI is InChI=1S/C28H33ClFN3S/c1-20-11-12-22(21(2)16-20)18-32-15-7-10-25(32)19-33(24-8-5-3-4-6-9-24)28(34)31-23-13-14-27(30)26(29)17-23/h7,10-17,24H,3-6,8-9,18-19H2,1-2H3,(H,31,34). The number of nitrogens with one attached hydrogen (secondary N) is 1. The van der Waals surface area contributed by atoms with Gasteiger partial charge in [0, 0.05) is 30.2 Å². The molecule has 1 N–H and O–H groups in total. The molecule has 0 atom stereocenters. The van der Waals surface area contributed by atoms with E-state index in [1.54, 1.807) is 12.1 Å². The van der Waals surface area contributed by atoms with Crippen LogP contribution in [0.15, 0.2) is 54.7 Å². The molecule has 4 rings (SSSR count). The van der Waals surface area contributed by atoms with Gasteiger partial charge in [-0.25, -0.2) is 4.39 Å². The van der Waals surface area contributed by atoms with E-state index < -0.39 is 5.82 Å². The summed E-state index contributed by atoms with van der Waals surface area (Å²) in [5.74, 6) is -0.428. The quantitative estimate of drug-likeness (QED) is 0.276. The Hall–Kier alpha value is -2.37. The van der Waals surface area contributed by atoms with E-state index in [2.05, 4.69) is 65.2 Å². The molecule has 3 nitrogen and oxygen atoms in total. The molecule has 2 aromatic carbocycles. The number of aromatic nitrogens is 1. The summed E-state index contributed by atoms with van der Waals surface area (Å²) in [4.78, 5) is 2.33. The maximum Gasteiger partial charge on any atom is 0.174 e. The first-order valence-electron chi connectivity index (χ1n) is 12.1. The fraction of sp³-hybridized carbons (Fsp3) is 0.393. The highest BCUT2D eigenvalue weighted by molar-refractivity contribution is 7.80. The van der Waals surface area contributed by atoms with Crippen molar-refractivity contribution in [1.29, 1.82) is 0 Å². The van der Waals surface area contributed by atoms with Crippen molar-refractivity contribution in [2.75, 3.05) is 5.32 Å². The van der Waals surface area contributed by atoms with Crippen molar-refractivity contribution in [3.05, 3.63) is 88.0 Å². The Morgan fingerprint density at radius 1 is 1.09 bits per heavy atom. The monoisotopic (exact) mass is 497 g/mol. The Kier molecular flexibility index (Phi) is 8.28. The fourth-order valence-corrected chi connectivity index (χ4v) is 5.35. The van der Waals surface area contributed by atoms with E-state index in [4.69, 9.17) is 23.8 Å². The van der Waals surface area contributed by atoms with Crippen molar-refractivity contribution in [2.24, 2.45) is 0 Å². The lowest BCUT2D eigenvalue weighted by molar-refractivity contribution is 0.274. The minimum Gasteiger partial charge on any atom is -0.345 e. The molecule has 3 aromatic rings. The van der Waals surface area contributed by atoms with Crippen LogP contribution in [0.2, 0.25) is 5.02 Å². The van der Waals surface area contributed by atoms with Crippen LogP contribution in [0.5, 0.6) is 0 Å². The number of rotatable bonds is 6. The lowest BCUT2D eigenvalue weighted by Crippen LogP contribution is -2.42. The summed E-state index contributed by atoms with van der Waals surface area (Å²) in [6, 6.07) is 16.0. The van der Waals surface area contributed by atoms with Crippen molar-refractivity contribution < 1.29 is 4.39 Å². The first-order valence-corrected chi connectivity index (χ1v) is 12.9. The van der Waals surface area contributed by atoms with Gasteiger partial charge in [-0.2, -0.15) is 0 Å². The van der Waals surface area contributed by atoms with Gasteiger partial charge in [-0.1, -0.05) is 61.0 Å². The number of anilines is 1. The van der Waals surface area contributed by atoms with Gasteiger partial charge in [0.1, 0.15) is 5.82 Å². The van der Waals surface area contributed by atoms with Crippen molar-refractivity contribution in [3.8, 4) is 0 Å². The summed E-state index contributed by atoms with van der Waals surface area (Å²) in [6.45, 7) is 5.87. The average molecular weight is 498 g/mol. The molecule has 0 bridgehead atoms. The van der Waals surface area contributed by atoms with Gasteiger partial charge >= 0.3 is 0 Å². The number of aryl methyl sites for hydroxylation is 2. The largest absolute Gasteiger partial charge is 0.345 e. The number of hydrogen-bond donors (Lipinski definition) is 1. The predicted octanol–water partition coefficient (Wildman–Crippen LogP) is 7.87. The van der Waals surface area contributed by atoms with Crippen LogP contribution in [0.25, 0.3) is 0 Å². The zero-order valence-corrected chi connectivity index (χ0v) is 21.6. The minimum atomic E-state index is -0.428. The third-order valence-electron chi connectivity index (χ3n) is 6.79. The molecule has 1 heterocycles. The molecule has 1 aliphatic rings. The van der Waals surface area contributed by atoms with E-state index >= 15 is 0 Å². The molecule has 0 spiro atoms. The van der Waals surface area contributed by atoms with Gasteiger partial charge < -0.3 is 14.8 Å². The summed E-state index contributed by atoms with van der Waals surface area (Å²) >= 11 is 11.9. The minimum absolute atomic E-state index is 0.0937. The van der Waals surface area contributed by atoms with E-state index in [0.717, 1.165) is 25.9 Å². The van der Waals surface area contributed by atoms with Crippen LogP contribution in [-0.2, 0) is 13.1 Å². The molecule has 1 aliphatic carbocycles. The molecule has 1 fully saturated rings. The maximum absolute atomic E-state index is 13.7. The highest BCUT2D eigenvalue weighted by atomic mass is 35.5. The molecular formula is C28H33ClFN3S. The van der Waals surface area contributed by atoms with Crippen LogP contribution in [0, 0.1) is 19.7 Å². The molecule has 0 saturated heterocycles. The second-order valence-corrected chi connectivity index (χ2v) is 10.2. The molecule has 34 heavy (non-hydrogen) atoms. The second kappa shape index (κ2) is 11.4. The summed E-state index contributed by atoms with van der Waals surface area (Å²) in [7, 11) is 0. The van der Waals surface area contributed by atoms with Crippen LogP contribution in [-0.4, -0.2) is 20.6 Å². The van der Waals surface area contributed by atoms with Crippen LogP contribution < -0.4 is 5.32 Å². The van der Waals surface area contributed by atoms with Crippen LogP contribution >= 0.6 is 23.8 Å². The van der Waals surface area contributed by atoms with Crippen molar-refractivity contribution >= 4 is 34.6 Å². The number of nitrogens with zero attached hydrogens (tertiary/aromatic N) is 2. The van der Waals surface area contributed by atoms with Gasteiger partial charge in [0.25, 0.3) is 0 Å². The number of benzene rings is 2. The molecular weight excluding hydrogens is 465 g/mol. The molecule has 0 unspecified atom stereocenters. The van der Waals surface area contributed by atoms with E-state index in [0.29, 0.717) is 16.8 Å². The Morgan fingerprint density at radius 3 is 2.56 bits per heavy atom. The Morgan fingerprint density at radius 2 is 1.85 bits per heavy atom. The van der Waals surface area contributed by atoms with Crippen molar-refractivity contribution in [1.82, 2.24) is 9.47 Å². The van der Waals surface area contributed by atoms with Gasteiger partial charge in [0.2, 0.25) is 0 Å². The lowest BCUT2D eigenvalue weighted by Gasteiger charge is -2.34. The molecule has 1 aromatic heterocycles. The smallest absolute Gasteiger partial charge is 0.174 e. The highest BCUT2D eigenvalue weighted by Crippen LogP contribution is 2.26. The lowest BCUT2D eigenvalue weighted by atomic mass is 10.1. The Bertz CT molecular complexity index is 1130. The highest BCUT2D eigenvalue weighted by Gasteiger charge is 2.24. The average Bonchev–Trinajstić information content (AvgIpc) is 3.06. The van der Waals surface area contributed by atoms with E-state index in [-0.39, 0.29) is 5.02 Å². The second-order valence-electron chi connectivity index (χ2n) is 9.39. The third kappa shape index (κ3) is 6.19. The molecule has 1 saturated carbocycles. The zero-order valence-electron chi connectivity index (χ0n) is 20.0. The summed E-state index contributed by atoms with van der Waals surface area (Å²) in [5, 5.41) is 4.08. The van der Waals surface area contributed by atoms with Crippen LogP contribution in [0.1, 0.15) is 60.9 Å². The summed E-state index contributed by atoms with van der Waals surface area (Å²) in [5.41, 5.74) is 5.86. The van der Waals surface area contributed by atoms with E-state index in [9.17, 15) is 4.39 Å². The van der Waals surface area contributed by atoms with Crippen molar-refractivity contribution in [2.45, 2.75) is 71.5 Å². The van der Waals surface area contributed by atoms with Gasteiger partial charge in [0.05, 0.1) is 11.6 Å². The SMILES string of the molecule is Cc1ccc(Cn2cccc2CN(C(=S)Nc2ccc(F)c(Cl)c2)C2CCCCCC2)c(C)c1. The number of hydrogen-bond acceptors (Lipinski definition) is 1. The molecule has 180 valence electrons. The Balaban J connectivity index is 1.56. The first kappa shape index (κ1) is 24.7. The summed E-state index contributed by atoms with van der Waals surface area (Å²) in [6.07, 6.45) is 9.40. The zero-order chi connectivity index (χ0) is 24.1. The van der Waals surface area contributed by atoms with Crippen molar-refractivity contribution in [3.63, 3.8) is 0 Å². The fourth-order valence-electron chi connectivity index (χ4n) is 4.83. The maximum atomic E-state index is 13.7. The topological polar surface area (TPSA) is 20.2 Å². The molecule has 6 heteroatoms. The van der Waals surface area contributed by atoms with Gasteiger partial charge in [-0.3, -0.25) is 0 Å². The predicted molar refractivity (Wildman–Crippen MR) is 144 cm³/mol. The summed E-state index contributed by atoms with van der Waals surface area (Å²) < 4.78 is 16.0. The van der Waals surface area contributed by atoms with Gasteiger partial charge in [-0.05, 0) is 80.4 Å². The van der Waals surface area contributed by atoms with E-state index in [1.807, 2.05) is 0 Å². The Labute approximate surface area is 212 Å². The first-order chi connectivity index (χ1) is 16.4. The van der Waals surface area contributed by atoms with Crippen LogP contribution in [0.4, 0.5) is 10.1 Å². The van der Waals surface area contributed by atoms with Crippen LogP contribution in [0.3, 0.4) is 0 Å². The van der Waals surface area contributed by atoms with E-state index in [1.165, 1.54) is 54.1 Å². The molecule has 0 amide bonds.